The Labute approximate surface area is 205 Å². The molecule has 0 bridgehead atoms. The molecule has 3 heteroatoms. The molecule has 167 valence electrons. The van der Waals surface area contributed by atoms with Gasteiger partial charge in [0.25, 0.3) is 0 Å². The van der Waals surface area contributed by atoms with Gasteiger partial charge in [-0.25, -0.2) is 0 Å². The topological polar surface area (TPSA) is 52.0 Å². The van der Waals surface area contributed by atoms with Crippen molar-refractivity contribution in [2.24, 2.45) is 11.5 Å². The van der Waals surface area contributed by atoms with Crippen molar-refractivity contribution in [3.05, 3.63) is 131 Å². The van der Waals surface area contributed by atoms with E-state index in [4.69, 9.17) is 11.5 Å². The largest absolute Gasteiger partial charge is 0.324 e. The van der Waals surface area contributed by atoms with Gasteiger partial charge in [0.1, 0.15) is 0 Å². The fraction of sp³-hybridized carbons (Fsp3) is 0.133. The monoisotopic (exact) mass is 497 g/mol. The molecule has 0 aliphatic heterocycles. The third kappa shape index (κ3) is 7.00. The highest BCUT2D eigenvalue weighted by molar-refractivity contribution is 9.10. The lowest BCUT2D eigenvalue weighted by Crippen LogP contribution is -2.05. The summed E-state index contributed by atoms with van der Waals surface area (Å²) in [6, 6.07) is 39.9. The maximum Gasteiger partial charge on any atom is 0.0272 e. The van der Waals surface area contributed by atoms with Gasteiger partial charge in [0, 0.05) is 16.6 Å². The first-order chi connectivity index (χ1) is 16.0. The lowest BCUT2D eigenvalue weighted by Gasteiger charge is -2.09. The Morgan fingerprint density at radius 3 is 1.33 bits per heavy atom. The first-order valence-corrected chi connectivity index (χ1v) is 11.8. The van der Waals surface area contributed by atoms with E-state index in [0.29, 0.717) is 0 Å². The van der Waals surface area contributed by atoms with Crippen LogP contribution in [0.1, 0.15) is 37.1 Å². The molecule has 5 rings (SSSR count). The number of nitrogens with two attached hydrogens (primary N) is 2. The summed E-state index contributed by atoms with van der Waals surface area (Å²) in [5.74, 6) is 0. The Balaban J connectivity index is 0.000000146. The van der Waals surface area contributed by atoms with Gasteiger partial charge in [-0.15, -0.1) is 0 Å². The Morgan fingerprint density at radius 2 is 0.970 bits per heavy atom. The lowest BCUT2D eigenvalue weighted by atomic mass is 10.0. The van der Waals surface area contributed by atoms with Crippen molar-refractivity contribution in [1.82, 2.24) is 0 Å². The second-order valence-electron chi connectivity index (χ2n) is 7.93. The van der Waals surface area contributed by atoms with Gasteiger partial charge in [-0.1, -0.05) is 113 Å². The van der Waals surface area contributed by atoms with E-state index in [0.717, 1.165) is 4.47 Å². The van der Waals surface area contributed by atoms with Crippen molar-refractivity contribution in [3.8, 4) is 0 Å². The van der Waals surface area contributed by atoms with Crippen molar-refractivity contribution in [3.63, 3.8) is 0 Å². The van der Waals surface area contributed by atoms with Crippen molar-refractivity contribution in [2.45, 2.75) is 25.9 Å². The Hall–Kier alpha value is -2.98. The van der Waals surface area contributed by atoms with Crippen LogP contribution >= 0.6 is 15.9 Å². The van der Waals surface area contributed by atoms with Gasteiger partial charge in [-0.3, -0.25) is 0 Å². The van der Waals surface area contributed by atoms with Gasteiger partial charge >= 0.3 is 0 Å². The van der Waals surface area contributed by atoms with Crippen molar-refractivity contribution >= 4 is 37.5 Å². The zero-order chi connectivity index (χ0) is 23.6. The summed E-state index contributed by atoms with van der Waals surface area (Å²) < 4.78 is 1.10. The smallest absolute Gasteiger partial charge is 0.0272 e. The Morgan fingerprint density at radius 1 is 0.576 bits per heavy atom. The minimum atomic E-state index is 0.103. The molecular weight excluding hydrogens is 468 g/mol. The van der Waals surface area contributed by atoms with Crippen LogP contribution in [0.5, 0.6) is 0 Å². The first kappa shape index (κ1) is 24.7. The molecule has 2 atom stereocenters. The van der Waals surface area contributed by atoms with Crippen LogP contribution < -0.4 is 11.5 Å². The molecule has 0 fully saturated rings. The zero-order valence-electron chi connectivity index (χ0n) is 19.1. The van der Waals surface area contributed by atoms with E-state index >= 15 is 0 Å². The van der Waals surface area contributed by atoms with Crippen LogP contribution in [0, 0.1) is 6.07 Å². The maximum atomic E-state index is 5.88. The van der Waals surface area contributed by atoms with Gasteiger partial charge in [0.15, 0.2) is 0 Å². The van der Waals surface area contributed by atoms with Gasteiger partial charge < -0.3 is 11.5 Å². The Kier molecular flexibility index (Phi) is 9.20. The molecule has 5 aromatic rings. The van der Waals surface area contributed by atoms with E-state index in [1.54, 1.807) is 0 Å². The molecule has 0 saturated heterocycles. The highest BCUT2D eigenvalue weighted by Crippen LogP contribution is 2.23. The fourth-order valence-electron chi connectivity index (χ4n) is 3.66. The molecular formula is C30H30BrN2. The summed E-state index contributed by atoms with van der Waals surface area (Å²) in [6.07, 6.45) is 0. The van der Waals surface area contributed by atoms with Crippen LogP contribution in [0.2, 0.25) is 0 Å². The third-order valence-corrected chi connectivity index (χ3v) is 5.83. The molecule has 0 aliphatic carbocycles. The summed E-state index contributed by atoms with van der Waals surface area (Å²) in [7, 11) is 0. The summed E-state index contributed by atoms with van der Waals surface area (Å²) in [6.45, 7) is 4.03. The average molecular weight is 498 g/mol. The molecule has 0 aliphatic rings. The molecule has 0 aromatic heterocycles. The number of benzene rings is 5. The summed E-state index contributed by atoms with van der Waals surface area (Å²) in [5, 5.41) is 5.05. The van der Waals surface area contributed by atoms with Gasteiger partial charge in [-0.2, -0.15) is 0 Å². The fourth-order valence-corrected chi connectivity index (χ4v) is 3.93. The first-order valence-electron chi connectivity index (χ1n) is 11.1. The van der Waals surface area contributed by atoms with Crippen LogP contribution in [-0.2, 0) is 0 Å². The van der Waals surface area contributed by atoms with Crippen LogP contribution in [0.15, 0.2) is 114 Å². The molecule has 0 saturated carbocycles. The highest BCUT2D eigenvalue weighted by Gasteiger charge is 2.04. The van der Waals surface area contributed by atoms with Crippen molar-refractivity contribution < 1.29 is 0 Å². The predicted octanol–water partition coefficient (Wildman–Crippen LogP) is 7.97. The quantitative estimate of drug-likeness (QED) is 0.259. The van der Waals surface area contributed by atoms with Gasteiger partial charge in [0.2, 0.25) is 0 Å². The van der Waals surface area contributed by atoms with Crippen LogP contribution in [-0.4, -0.2) is 0 Å². The van der Waals surface area contributed by atoms with E-state index in [2.05, 4.69) is 82.7 Å². The average Bonchev–Trinajstić information content (AvgIpc) is 2.84. The standard InChI is InChI=1S/2C12H13N.C6H4Br/c2*1-9(13)11-8-4-6-10-5-2-3-7-12(10)11;7-6-4-2-1-3-5-6/h2*2-9H,13H2,1H3;2-5H. The van der Waals surface area contributed by atoms with E-state index < -0.39 is 0 Å². The number of halogens is 1. The number of hydrogen-bond donors (Lipinski definition) is 2. The van der Waals surface area contributed by atoms with Gasteiger partial charge in [0.05, 0.1) is 0 Å². The van der Waals surface area contributed by atoms with E-state index in [9.17, 15) is 0 Å². The van der Waals surface area contributed by atoms with Crippen molar-refractivity contribution in [1.29, 1.82) is 0 Å². The normalized spacial score (nSPS) is 12.2. The molecule has 0 amide bonds. The molecule has 2 nitrogen and oxygen atoms in total. The molecule has 0 heterocycles. The number of rotatable bonds is 2. The maximum absolute atomic E-state index is 5.88. The van der Waals surface area contributed by atoms with E-state index in [1.165, 1.54) is 32.7 Å². The summed E-state index contributed by atoms with van der Waals surface area (Å²) in [4.78, 5) is 0. The minimum Gasteiger partial charge on any atom is -0.324 e. The molecule has 4 N–H and O–H groups in total. The second kappa shape index (κ2) is 12.3. The van der Waals surface area contributed by atoms with Gasteiger partial charge in [-0.05, 0) is 64.7 Å². The molecule has 2 unspecified atom stereocenters. The molecule has 1 radical (unpaired) electrons. The number of fused-ring (bicyclic) bond motifs is 2. The molecule has 0 spiro atoms. The van der Waals surface area contributed by atoms with E-state index in [1.807, 2.05) is 62.4 Å². The summed E-state index contributed by atoms with van der Waals surface area (Å²) >= 11 is 3.29. The lowest BCUT2D eigenvalue weighted by molar-refractivity contribution is 0.826. The predicted molar refractivity (Wildman–Crippen MR) is 146 cm³/mol. The minimum absolute atomic E-state index is 0.103. The van der Waals surface area contributed by atoms with Crippen molar-refractivity contribution in [2.75, 3.05) is 0 Å². The Bertz CT molecular complexity index is 1190. The molecule has 5 aromatic carbocycles. The van der Waals surface area contributed by atoms with Crippen LogP contribution in [0.4, 0.5) is 0 Å². The van der Waals surface area contributed by atoms with Crippen LogP contribution in [0.25, 0.3) is 21.5 Å². The third-order valence-electron chi connectivity index (χ3n) is 5.31. The van der Waals surface area contributed by atoms with E-state index in [-0.39, 0.29) is 12.1 Å². The second-order valence-corrected chi connectivity index (χ2v) is 8.85. The zero-order valence-corrected chi connectivity index (χ0v) is 20.7. The number of hydrogen-bond acceptors (Lipinski definition) is 2. The summed E-state index contributed by atoms with van der Waals surface area (Å²) in [5.41, 5.74) is 14.2. The van der Waals surface area contributed by atoms with Crippen LogP contribution in [0.3, 0.4) is 0 Å². The SMILES string of the molecule is Brc1cc[c]cc1.CC(N)c1cccc2ccccc12.CC(N)c1cccc2ccccc12. The highest BCUT2D eigenvalue weighted by atomic mass is 79.9. The molecule has 33 heavy (non-hydrogen) atoms.